The van der Waals surface area contributed by atoms with Crippen LogP contribution in [0, 0.1) is 11.6 Å². The first-order chi connectivity index (χ1) is 5.74. The quantitative estimate of drug-likeness (QED) is 0.360. The molecule has 0 amide bonds. The molecule has 1 aromatic rings. The van der Waals surface area contributed by atoms with Crippen molar-refractivity contribution in [2.24, 2.45) is 5.84 Å². The van der Waals surface area contributed by atoms with Gasteiger partial charge in [0, 0.05) is 0 Å². The molecule has 0 aliphatic heterocycles. The van der Waals surface area contributed by atoms with Gasteiger partial charge in [0.1, 0.15) is 11.6 Å². The summed E-state index contributed by atoms with van der Waals surface area (Å²) in [6.45, 7) is 0.181. The Morgan fingerprint density at radius 2 is 2.08 bits per heavy atom. The molecule has 5 heteroatoms. The third-order valence-corrected chi connectivity index (χ3v) is 1.31. The second-order valence-corrected chi connectivity index (χ2v) is 2.18. The predicted octanol–water partition coefficient (Wildman–Crippen LogP) is 0.797. The number of rotatable bonds is 3. The van der Waals surface area contributed by atoms with Crippen molar-refractivity contribution < 1.29 is 8.78 Å². The van der Waals surface area contributed by atoms with Crippen LogP contribution in [0.2, 0.25) is 0 Å². The lowest BCUT2D eigenvalue weighted by Gasteiger charge is -2.05. The summed E-state index contributed by atoms with van der Waals surface area (Å²) >= 11 is 0. The fourth-order valence-electron chi connectivity index (χ4n) is 0.779. The molecule has 0 unspecified atom stereocenters. The van der Waals surface area contributed by atoms with Crippen molar-refractivity contribution in [2.75, 3.05) is 12.0 Å². The minimum Gasteiger partial charge on any atom is -0.369 e. The number of hydrazine groups is 1. The summed E-state index contributed by atoms with van der Waals surface area (Å²) < 4.78 is 25.3. The van der Waals surface area contributed by atoms with Crippen molar-refractivity contribution in [1.29, 1.82) is 0 Å². The first kappa shape index (κ1) is 8.89. The van der Waals surface area contributed by atoms with Gasteiger partial charge in [-0.15, -0.1) is 0 Å². The van der Waals surface area contributed by atoms with E-state index in [1.165, 1.54) is 0 Å². The minimum absolute atomic E-state index is 0.0907. The van der Waals surface area contributed by atoms with Gasteiger partial charge in [-0.2, -0.15) is 0 Å². The number of benzene rings is 1. The summed E-state index contributed by atoms with van der Waals surface area (Å²) in [5, 5.41) is 2.55. The Labute approximate surface area is 68.5 Å². The van der Waals surface area contributed by atoms with E-state index in [1.807, 2.05) is 0 Å². The van der Waals surface area contributed by atoms with Gasteiger partial charge in [-0.25, -0.2) is 14.2 Å². The standard InChI is InChI=1S/C7H9F2N3/c8-5-1-2-6(9)7(3-5)11-4-12-10/h1-3,11-12H,4,10H2. The molecule has 0 saturated carbocycles. The molecule has 66 valence electrons. The van der Waals surface area contributed by atoms with Crippen LogP contribution in [-0.4, -0.2) is 6.67 Å². The number of hydrogen-bond donors (Lipinski definition) is 3. The molecule has 0 bridgehead atoms. The van der Waals surface area contributed by atoms with Crippen LogP contribution >= 0.6 is 0 Å². The van der Waals surface area contributed by atoms with E-state index in [-0.39, 0.29) is 12.4 Å². The molecule has 0 spiro atoms. The largest absolute Gasteiger partial charge is 0.369 e. The molecule has 1 rings (SSSR count). The lowest BCUT2D eigenvalue weighted by Crippen LogP contribution is -2.28. The summed E-state index contributed by atoms with van der Waals surface area (Å²) in [6, 6.07) is 3.16. The predicted molar refractivity (Wildman–Crippen MR) is 42.2 cm³/mol. The molecular weight excluding hydrogens is 164 g/mol. The summed E-state index contributed by atoms with van der Waals surface area (Å²) in [6.07, 6.45) is 0. The topological polar surface area (TPSA) is 50.1 Å². The normalized spacial score (nSPS) is 9.92. The van der Waals surface area contributed by atoms with E-state index in [0.29, 0.717) is 0 Å². The molecule has 12 heavy (non-hydrogen) atoms. The number of nitrogens with two attached hydrogens (primary N) is 1. The lowest BCUT2D eigenvalue weighted by molar-refractivity contribution is 0.601. The fourth-order valence-corrected chi connectivity index (χ4v) is 0.779. The molecule has 0 heterocycles. The van der Waals surface area contributed by atoms with Crippen molar-refractivity contribution in [3.63, 3.8) is 0 Å². The Bertz CT molecular complexity index is 265. The van der Waals surface area contributed by atoms with Crippen molar-refractivity contribution in [3.05, 3.63) is 29.8 Å². The van der Waals surface area contributed by atoms with Gasteiger partial charge in [-0.1, -0.05) is 0 Å². The van der Waals surface area contributed by atoms with Gasteiger partial charge in [0.2, 0.25) is 0 Å². The second-order valence-electron chi connectivity index (χ2n) is 2.18. The third kappa shape index (κ3) is 2.14. The van der Waals surface area contributed by atoms with Gasteiger partial charge in [0.15, 0.2) is 0 Å². The smallest absolute Gasteiger partial charge is 0.146 e. The highest BCUT2D eigenvalue weighted by atomic mass is 19.1. The molecule has 0 radical (unpaired) electrons. The zero-order valence-electron chi connectivity index (χ0n) is 6.27. The first-order valence-electron chi connectivity index (χ1n) is 3.36. The molecular formula is C7H9F2N3. The Morgan fingerprint density at radius 1 is 1.33 bits per heavy atom. The summed E-state index contributed by atoms with van der Waals surface area (Å²) in [7, 11) is 0. The Kier molecular flexibility index (Phi) is 2.95. The third-order valence-electron chi connectivity index (χ3n) is 1.31. The van der Waals surface area contributed by atoms with E-state index in [1.54, 1.807) is 0 Å². The van der Waals surface area contributed by atoms with Crippen LogP contribution in [-0.2, 0) is 0 Å². The maximum atomic E-state index is 12.8. The van der Waals surface area contributed by atoms with E-state index in [9.17, 15) is 8.78 Å². The fraction of sp³-hybridized carbons (Fsp3) is 0.143. The number of halogens is 2. The van der Waals surface area contributed by atoms with Crippen LogP contribution < -0.4 is 16.6 Å². The zero-order valence-corrected chi connectivity index (χ0v) is 6.27. The van der Waals surface area contributed by atoms with Gasteiger partial charge in [0.25, 0.3) is 0 Å². The molecule has 0 aliphatic carbocycles. The first-order valence-corrected chi connectivity index (χ1v) is 3.36. The lowest BCUT2D eigenvalue weighted by atomic mass is 10.3. The van der Waals surface area contributed by atoms with Crippen molar-refractivity contribution in [3.8, 4) is 0 Å². The van der Waals surface area contributed by atoms with Crippen LogP contribution in [0.5, 0.6) is 0 Å². The summed E-state index contributed by atoms with van der Waals surface area (Å²) in [4.78, 5) is 0. The van der Waals surface area contributed by atoms with E-state index < -0.39 is 11.6 Å². The van der Waals surface area contributed by atoms with Gasteiger partial charge in [-0.05, 0) is 18.2 Å². The summed E-state index contributed by atoms with van der Waals surface area (Å²) in [5.74, 6) is 3.94. The average Bonchev–Trinajstić information content (AvgIpc) is 2.07. The van der Waals surface area contributed by atoms with Crippen molar-refractivity contribution in [1.82, 2.24) is 5.43 Å². The Morgan fingerprint density at radius 3 is 2.75 bits per heavy atom. The SMILES string of the molecule is NNCNc1cc(F)ccc1F. The molecule has 0 atom stereocenters. The van der Waals surface area contributed by atoms with Gasteiger partial charge >= 0.3 is 0 Å². The highest BCUT2D eigenvalue weighted by Gasteiger charge is 2.01. The number of nitrogens with one attached hydrogen (secondary N) is 2. The van der Waals surface area contributed by atoms with Crippen molar-refractivity contribution >= 4 is 5.69 Å². The molecule has 0 saturated heterocycles. The molecule has 0 aromatic heterocycles. The van der Waals surface area contributed by atoms with Gasteiger partial charge in [-0.3, -0.25) is 5.84 Å². The second kappa shape index (κ2) is 3.99. The Balaban J connectivity index is 2.75. The molecule has 0 aliphatic rings. The van der Waals surface area contributed by atoms with Crippen LogP contribution in [0.15, 0.2) is 18.2 Å². The molecule has 3 nitrogen and oxygen atoms in total. The minimum atomic E-state index is -0.508. The number of anilines is 1. The van der Waals surface area contributed by atoms with Crippen LogP contribution in [0.25, 0.3) is 0 Å². The average molecular weight is 173 g/mol. The van der Waals surface area contributed by atoms with Crippen LogP contribution in [0.4, 0.5) is 14.5 Å². The molecule has 0 fully saturated rings. The number of hydrogen-bond acceptors (Lipinski definition) is 3. The monoisotopic (exact) mass is 173 g/mol. The van der Waals surface area contributed by atoms with Crippen LogP contribution in [0.3, 0.4) is 0 Å². The van der Waals surface area contributed by atoms with E-state index in [2.05, 4.69) is 10.7 Å². The van der Waals surface area contributed by atoms with Gasteiger partial charge in [0.05, 0.1) is 12.4 Å². The van der Waals surface area contributed by atoms with E-state index in [0.717, 1.165) is 18.2 Å². The van der Waals surface area contributed by atoms with Gasteiger partial charge < -0.3 is 5.32 Å². The maximum absolute atomic E-state index is 12.8. The highest BCUT2D eigenvalue weighted by molar-refractivity contribution is 5.44. The molecule has 4 N–H and O–H groups in total. The van der Waals surface area contributed by atoms with E-state index in [4.69, 9.17) is 5.84 Å². The van der Waals surface area contributed by atoms with Crippen LogP contribution in [0.1, 0.15) is 0 Å². The summed E-state index contributed by atoms with van der Waals surface area (Å²) in [5.41, 5.74) is 2.35. The van der Waals surface area contributed by atoms with E-state index >= 15 is 0 Å². The molecule has 1 aromatic carbocycles. The highest BCUT2D eigenvalue weighted by Crippen LogP contribution is 2.14. The Hall–Kier alpha value is -1.20. The van der Waals surface area contributed by atoms with Crippen molar-refractivity contribution in [2.45, 2.75) is 0 Å². The zero-order chi connectivity index (χ0) is 8.97. The maximum Gasteiger partial charge on any atom is 0.146 e.